The van der Waals surface area contributed by atoms with Crippen LogP contribution >= 0.6 is 0 Å². The van der Waals surface area contributed by atoms with Gasteiger partial charge < -0.3 is 10.2 Å². The first kappa shape index (κ1) is 12.2. The van der Waals surface area contributed by atoms with Gasteiger partial charge in [0.25, 0.3) is 0 Å². The molecule has 0 aromatic heterocycles. The smallest absolute Gasteiger partial charge is 0.0269 e. The lowest BCUT2D eigenvalue weighted by Gasteiger charge is -2.20. The summed E-state index contributed by atoms with van der Waals surface area (Å²) in [5.41, 5.74) is 1.26. The van der Waals surface area contributed by atoms with Gasteiger partial charge in [-0.05, 0) is 26.1 Å². The molecule has 0 aliphatic carbocycles. The molecule has 0 aromatic carbocycles. The summed E-state index contributed by atoms with van der Waals surface area (Å²) < 4.78 is 0. The zero-order valence-corrected chi connectivity index (χ0v) is 8.97. The molecule has 0 amide bonds. The quantitative estimate of drug-likeness (QED) is 0.456. The normalized spacial score (nSPS) is 10.1. The molecule has 0 bridgehead atoms. The molecule has 0 unspecified atom stereocenters. The SMILES string of the molecule is C=CNCCN(CC)CCC(=C)C. The highest BCUT2D eigenvalue weighted by atomic mass is 15.1. The number of nitrogens with zero attached hydrogens (tertiary/aromatic N) is 1. The number of likely N-dealkylation sites (N-methyl/N-ethyl adjacent to an activating group) is 1. The van der Waals surface area contributed by atoms with Gasteiger partial charge in [-0.3, -0.25) is 0 Å². The zero-order valence-electron chi connectivity index (χ0n) is 8.97. The van der Waals surface area contributed by atoms with Crippen molar-refractivity contribution in [3.63, 3.8) is 0 Å². The molecule has 0 spiro atoms. The first-order chi connectivity index (χ1) is 6.20. The van der Waals surface area contributed by atoms with Gasteiger partial charge in [0.1, 0.15) is 0 Å². The Labute approximate surface area is 82.3 Å². The van der Waals surface area contributed by atoms with Gasteiger partial charge in [-0.25, -0.2) is 0 Å². The first-order valence-electron chi connectivity index (χ1n) is 4.91. The second-order valence-corrected chi connectivity index (χ2v) is 3.30. The molecule has 0 atom stereocenters. The van der Waals surface area contributed by atoms with Crippen molar-refractivity contribution < 1.29 is 0 Å². The van der Waals surface area contributed by atoms with Gasteiger partial charge in [-0.15, -0.1) is 6.58 Å². The fourth-order valence-corrected chi connectivity index (χ4v) is 1.10. The molecule has 2 heteroatoms. The van der Waals surface area contributed by atoms with Gasteiger partial charge >= 0.3 is 0 Å². The average Bonchev–Trinajstić information content (AvgIpc) is 2.10. The zero-order chi connectivity index (χ0) is 10.1. The number of rotatable bonds is 8. The maximum Gasteiger partial charge on any atom is 0.0269 e. The molecule has 76 valence electrons. The second-order valence-electron chi connectivity index (χ2n) is 3.30. The third-order valence-corrected chi connectivity index (χ3v) is 2.02. The molecular weight excluding hydrogens is 160 g/mol. The van der Waals surface area contributed by atoms with Crippen molar-refractivity contribution in [3.8, 4) is 0 Å². The van der Waals surface area contributed by atoms with Gasteiger partial charge in [0, 0.05) is 19.6 Å². The molecule has 0 radical (unpaired) electrons. The van der Waals surface area contributed by atoms with Crippen LogP contribution in [0.15, 0.2) is 24.9 Å². The predicted molar refractivity (Wildman–Crippen MR) is 59.7 cm³/mol. The molecule has 0 saturated carbocycles. The first-order valence-corrected chi connectivity index (χ1v) is 4.91. The Morgan fingerprint density at radius 2 is 2.15 bits per heavy atom. The van der Waals surface area contributed by atoms with E-state index in [1.165, 1.54) is 5.57 Å². The minimum atomic E-state index is 0.980. The number of hydrogen-bond donors (Lipinski definition) is 1. The average molecular weight is 182 g/mol. The molecule has 0 heterocycles. The van der Waals surface area contributed by atoms with Crippen LogP contribution in [0.5, 0.6) is 0 Å². The summed E-state index contributed by atoms with van der Waals surface area (Å²) in [5, 5.41) is 3.10. The fraction of sp³-hybridized carbons (Fsp3) is 0.636. The lowest BCUT2D eigenvalue weighted by atomic mass is 10.2. The lowest BCUT2D eigenvalue weighted by molar-refractivity contribution is 0.295. The standard InChI is InChI=1S/C11H22N2/c1-5-12-8-10-13(6-2)9-7-11(3)4/h5,12H,1,3,6-10H2,2,4H3. The minimum absolute atomic E-state index is 0.980. The van der Waals surface area contributed by atoms with Crippen molar-refractivity contribution in [3.05, 3.63) is 24.9 Å². The van der Waals surface area contributed by atoms with E-state index in [1.54, 1.807) is 6.20 Å². The fourth-order valence-electron chi connectivity index (χ4n) is 1.10. The number of hydrogen-bond acceptors (Lipinski definition) is 2. The summed E-state index contributed by atoms with van der Waals surface area (Å²) in [6.07, 6.45) is 2.84. The topological polar surface area (TPSA) is 15.3 Å². The molecule has 0 rings (SSSR count). The molecule has 0 saturated heterocycles. The highest BCUT2D eigenvalue weighted by Gasteiger charge is 2.00. The van der Waals surface area contributed by atoms with Gasteiger partial charge in [0.05, 0.1) is 0 Å². The van der Waals surface area contributed by atoms with E-state index in [9.17, 15) is 0 Å². The third-order valence-electron chi connectivity index (χ3n) is 2.02. The summed E-state index contributed by atoms with van der Waals surface area (Å²) in [7, 11) is 0. The number of nitrogens with one attached hydrogen (secondary N) is 1. The molecule has 0 fully saturated rings. The summed E-state index contributed by atoms with van der Waals surface area (Å²) >= 11 is 0. The van der Waals surface area contributed by atoms with Crippen LogP contribution in [-0.4, -0.2) is 31.1 Å². The third kappa shape index (κ3) is 7.60. The van der Waals surface area contributed by atoms with Crippen molar-refractivity contribution in [2.75, 3.05) is 26.2 Å². The van der Waals surface area contributed by atoms with Crippen molar-refractivity contribution in [2.24, 2.45) is 0 Å². The molecule has 2 nitrogen and oxygen atoms in total. The summed E-state index contributed by atoms with van der Waals surface area (Å²) in [4.78, 5) is 2.41. The summed E-state index contributed by atoms with van der Waals surface area (Å²) in [6.45, 7) is 16.1. The molecule has 0 aliphatic rings. The Kier molecular flexibility index (Phi) is 7.41. The van der Waals surface area contributed by atoms with E-state index in [4.69, 9.17) is 0 Å². The van der Waals surface area contributed by atoms with E-state index in [-0.39, 0.29) is 0 Å². The van der Waals surface area contributed by atoms with Crippen molar-refractivity contribution >= 4 is 0 Å². The molecule has 1 N–H and O–H groups in total. The van der Waals surface area contributed by atoms with Gasteiger partial charge in [0.2, 0.25) is 0 Å². The van der Waals surface area contributed by atoms with Crippen molar-refractivity contribution in [2.45, 2.75) is 20.3 Å². The van der Waals surface area contributed by atoms with E-state index >= 15 is 0 Å². The Balaban J connectivity index is 3.50. The monoisotopic (exact) mass is 182 g/mol. The maximum atomic E-state index is 3.90. The lowest BCUT2D eigenvalue weighted by Crippen LogP contribution is -2.31. The van der Waals surface area contributed by atoms with Crippen molar-refractivity contribution in [1.82, 2.24) is 10.2 Å². The van der Waals surface area contributed by atoms with Crippen LogP contribution in [0.4, 0.5) is 0 Å². The van der Waals surface area contributed by atoms with Gasteiger partial charge in [-0.2, -0.15) is 0 Å². The Bertz CT molecular complexity index is 152. The molecule has 0 aromatic rings. The largest absolute Gasteiger partial charge is 0.390 e. The van der Waals surface area contributed by atoms with Crippen LogP contribution in [0.3, 0.4) is 0 Å². The van der Waals surface area contributed by atoms with Crippen LogP contribution in [0.1, 0.15) is 20.3 Å². The highest BCUT2D eigenvalue weighted by molar-refractivity contribution is 4.88. The molecule has 13 heavy (non-hydrogen) atoms. The minimum Gasteiger partial charge on any atom is -0.390 e. The van der Waals surface area contributed by atoms with E-state index in [0.29, 0.717) is 0 Å². The van der Waals surface area contributed by atoms with E-state index < -0.39 is 0 Å². The van der Waals surface area contributed by atoms with E-state index in [2.05, 4.69) is 37.2 Å². The van der Waals surface area contributed by atoms with Crippen LogP contribution in [0.25, 0.3) is 0 Å². The summed E-state index contributed by atoms with van der Waals surface area (Å²) in [6, 6.07) is 0. The Hall–Kier alpha value is -0.760. The molecular formula is C11H22N2. The van der Waals surface area contributed by atoms with Crippen LogP contribution in [0, 0.1) is 0 Å². The maximum absolute atomic E-state index is 3.90. The van der Waals surface area contributed by atoms with Gasteiger partial charge in [-0.1, -0.05) is 19.1 Å². The Morgan fingerprint density at radius 1 is 1.46 bits per heavy atom. The van der Waals surface area contributed by atoms with Crippen LogP contribution in [0.2, 0.25) is 0 Å². The second kappa shape index (κ2) is 7.87. The van der Waals surface area contributed by atoms with E-state index in [0.717, 1.165) is 32.6 Å². The van der Waals surface area contributed by atoms with Crippen LogP contribution in [-0.2, 0) is 0 Å². The summed E-state index contributed by atoms with van der Waals surface area (Å²) in [5.74, 6) is 0. The van der Waals surface area contributed by atoms with Gasteiger partial charge in [0.15, 0.2) is 0 Å². The predicted octanol–water partition coefficient (Wildman–Crippen LogP) is 2.01. The highest BCUT2D eigenvalue weighted by Crippen LogP contribution is 1.98. The Morgan fingerprint density at radius 3 is 2.62 bits per heavy atom. The van der Waals surface area contributed by atoms with Crippen LogP contribution < -0.4 is 5.32 Å². The van der Waals surface area contributed by atoms with Crippen molar-refractivity contribution in [1.29, 1.82) is 0 Å². The molecule has 0 aliphatic heterocycles. The van der Waals surface area contributed by atoms with E-state index in [1.807, 2.05) is 0 Å².